The predicted molar refractivity (Wildman–Crippen MR) is 167 cm³/mol. The molecule has 7 heteroatoms. The Labute approximate surface area is 249 Å². The van der Waals surface area contributed by atoms with E-state index in [2.05, 4.69) is 11.9 Å². The van der Waals surface area contributed by atoms with Crippen LogP contribution in [0.3, 0.4) is 0 Å². The van der Waals surface area contributed by atoms with Gasteiger partial charge >= 0.3 is 5.97 Å². The van der Waals surface area contributed by atoms with E-state index in [0.717, 1.165) is 46.4 Å². The van der Waals surface area contributed by atoms with E-state index in [0.29, 0.717) is 23.6 Å². The number of fused-ring (bicyclic) bond motifs is 1. The Hall–Kier alpha value is -4.62. The molecule has 4 aromatic carbocycles. The summed E-state index contributed by atoms with van der Waals surface area (Å²) in [6, 6.07) is 33.5. The van der Waals surface area contributed by atoms with Crippen molar-refractivity contribution in [3.63, 3.8) is 0 Å². The zero-order chi connectivity index (χ0) is 29.7. The summed E-state index contributed by atoms with van der Waals surface area (Å²) >= 11 is 1.64. The number of nitrogens with one attached hydrogen (secondary N) is 1. The van der Waals surface area contributed by atoms with Gasteiger partial charge in [-0.15, -0.1) is 0 Å². The minimum atomic E-state index is -1.01. The predicted octanol–water partition coefficient (Wildman–Crippen LogP) is 9.22. The van der Waals surface area contributed by atoms with Gasteiger partial charge in [0, 0.05) is 38.7 Å². The number of carbonyl (C=O) groups excluding carboxylic acids is 2. The van der Waals surface area contributed by atoms with Gasteiger partial charge < -0.3 is 14.8 Å². The Morgan fingerprint density at radius 2 is 1.43 bits per heavy atom. The van der Waals surface area contributed by atoms with Crippen molar-refractivity contribution in [1.29, 1.82) is 0 Å². The van der Waals surface area contributed by atoms with Crippen LogP contribution in [0, 0.1) is 0 Å². The number of hydrogen-bond acceptors (Lipinski definition) is 5. The Bertz CT molecular complexity index is 1590. The summed E-state index contributed by atoms with van der Waals surface area (Å²) in [6.45, 7) is 2.13. The molecule has 1 aromatic heterocycles. The highest BCUT2D eigenvalue weighted by molar-refractivity contribution is 7.99. The molecule has 0 atom stereocenters. The highest BCUT2D eigenvalue weighted by atomic mass is 32.2. The fraction of sp³-hybridized carbons (Fsp3) is 0.171. The number of aromatic amines is 1. The number of ether oxygens (including phenoxy) is 1. The van der Waals surface area contributed by atoms with Crippen molar-refractivity contribution >= 4 is 40.2 Å². The Balaban J connectivity index is 0.000000196. The second kappa shape index (κ2) is 15.4. The van der Waals surface area contributed by atoms with Gasteiger partial charge in [0.05, 0.1) is 0 Å². The lowest BCUT2D eigenvalue weighted by Gasteiger charge is -2.05. The number of Topliss-reactive ketones (excluding diaryl/α,β-unsaturated/α-hetero) is 2. The molecule has 0 radical (unpaired) electrons. The van der Waals surface area contributed by atoms with Crippen molar-refractivity contribution in [1.82, 2.24) is 4.98 Å². The number of carboxylic acid groups (broad SMARTS) is 1. The van der Waals surface area contributed by atoms with Crippen LogP contribution in [-0.4, -0.2) is 27.6 Å². The van der Waals surface area contributed by atoms with E-state index >= 15 is 0 Å². The standard InChI is InChI=1S/C20H22O2S.C15H11NO3/c1-2-3-4-8-11-19(21)20(22)16-12-14-18(15-13-16)23-17-9-6-5-7-10-17;17-15(18)11-6-2-4-8-13(11)19-14-9-10-5-1-3-7-12(10)16-14/h5-7,9-10,12-15H,2-4,8,11H2,1H3;1-9,16H,(H,17,18). The number of hydrogen-bond donors (Lipinski definition) is 2. The van der Waals surface area contributed by atoms with Crippen LogP contribution in [0.2, 0.25) is 0 Å². The van der Waals surface area contributed by atoms with Crippen LogP contribution in [0.5, 0.6) is 11.6 Å². The zero-order valence-electron chi connectivity index (χ0n) is 23.4. The molecular formula is C35H33NO5S. The first-order valence-electron chi connectivity index (χ1n) is 13.9. The highest BCUT2D eigenvalue weighted by Gasteiger charge is 2.15. The first-order valence-corrected chi connectivity index (χ1v) is 14.7. The summed E-state index contributed by atoms with van der Waals surface area (Å²) in [5.41, 5.74) is 1.58. The van der Waals surface area contributed by atoms with Gasteiger partial charge in [0.25, 0.3) is 0 Å². The average molecular weight is 580 g/mol. The lowest BCUT2D eigenvalue weighted by molar-refractivity contribution is -0.115. The van der Waals surface area contributed by atoms with E-state index < -0.39 is 5.97 Å². The maximum atomic E-state index is 12.1. The topological polar surface area (TPSA) is 96.5 Å². The maximum absolute atomic E-state index is 12.1. The summed E-state index contributed by atoms with van der Waals surface area (Å²) in [5, 5.41) is 10.1. The molecule has 2 N–H and O–H groups in total. The number of para-hydroxylation sites is 2. The van der Waals surface area contributed by atoms with Crippen molar-refractivity contribution in [3.05, 3.63) is 120 Å². The van der Waals surface area contributed by atoms with Crippen LogP contribution in [0.15, 0.2) is 119 Å². The van der Waals surface area contributed by atoms with Crippen molar-refractivity contribution in [2.24, 2.45) is 0 Å². The van der Waals surface area contributed by atoms with E-state index in [1.165, 1.54) is 6.07 Å². The molecule has 0 aliphatic rings. The molecule has 0 unspecified atom stereocenters. The summed E-state index contributed by atoms with van der Waals surface area (Å²) < 4.78 is 5.62. The average Bonchev–Trinajstić information content (AvgIpc) is 3.43. The fourth-order valence-electron chi connectivity index (χ4n) is 4.24. The van der Waals surface area contributed by atoms with Gasteiger partial charge in [-0.3, -0.25) is 9.59 Å². The largest absolute Gasteiger partial charge is 0.478 e. The number of rotatable bonds is 12. The van der Waals surface area contributed by atoms with Crippen molar-refractivity contribution in [2.45, 2.75) is 48.8 Å². The molecule has 214 valence electrons. The molecule has 0 aliphatic heterocycles. The molecule has 0 saturated heterocycles. The number of carbonyl (C=O) groups is 3. The third-order valence-corrected chi connectivity index (χ3v) is 7.46. The van der Waals surface area contributed by atoms with E-state index in [4.69, 9.17) is 9.84 Å². The SMILES string of the molecule is CCCCCCC(=O)C(=O)c1ccc(Sc2ccccc2)cc1.O=C(O)c1ccccc1Oc1cc2ccccc2[nH]1. The zero-order valence-corrected chi connectivity index (χ0v) is 24.2. The van der Waals surface area contributed by atoms with Crippen molar-refractivity contribution < 1.29 is 24.2 Å². The smallest absolute Gasteiger partial charge is 0.339 e. The maximum Gasteiger partial charge on any atom is 0.339 e. The summed E-state index contributed by atoms with van der Waals surface area (Å²) in [6.07, 6.45) is 4.43. The van der Waals surface area contributed by atoms with E-state index in [1.807, 2.05) is 72.8 Å². The van der Waals surface area contributed by atoms with E-state index in [1.54, 1.807) is 42.1 Å². The Morgan fingerprint density at radius 3 is 2.14 bits per heavy atom. The number of H-pyrrole nitrogens is 1. The lowest BCUT2D eigenvalue weighted by Crippen LogP contribution is -2.13. The lowest BCUT2D eigenvalue weighted by atomic mass is 10.0. The Kier molecular flexibility index (Phi) is 11.1. The number of ketones is 2. The fourth-order valence-corrected chi connectivity index (χ4v) is 5.08. The van der Waals surface area contributed by atoms with Crippen molar-refractivity contribution in [2.75, 3.05) is 0 Å². The molecule has 0 amide bonds. The summed E-state index contributed by atoms with van der Waals surface area (Å²) in [7, 11) is 0. The third-order valence-electron chi connectivity index (χ3n) is 6.45. The number of unbranched alkanes of at least 4 members (excludes halogenated alkanes) is 3. The molecule has 6 nitrogen and oxygen atoms in total. The second-order valence-corrected chi connectivity index (χ2v) is 10.8. The molecule has 5 rings (SSSR count). The van der Waals surface area contributed by atoms with Crippen LogP contribution >= 0.6 is 11.8 Å². The Morgan fingerprint density at radius 1 is 0.762 bits per heavy atom. The summed E-state index contributed by atoms with van der Waals surface area (Å²) in [5.74, 6) is -0.800. The molecule has 0 saturated carbocycles. The molecule has 0 fully saturated rings. The van der Waals surface area contributed by atoms with Gasteiger partial charge in [0.1, 0.15) is 11.3 Å². The van der Waals surface area contributed by atoms with E-state index in [-0.39, 0.29) is 17.1 Å². The van der Waals surface area contributed by atoms with Crippen LogP contribution in [-0.2, 0) is 4.79 Å². The van der Waals surface area contributed by atoms with E-state index in [9.17, 15) is 14.4 Å². The molecule has 0 spiro atoms. The van der Waals surface area contributed by atoms with Crippen LogP contribution in [0.1, 0.15) is 59.7 Å². The van der Waals surface area contributed by atoms with Gasteiger partial charge in [0.15, 0.2) is 5.88 Å². The number of carboxylic acids is 1. The second-order valence-electron chi connectivity index (χ2n) is 9.63. The van der Waals surface area contributed by atoms with Gasteiger partial charge in [-0.05, 0) is 61.0 Å². The number of benzene rings is 4. The van der Waals surface area contributed by atoms with Crippen molar-refractivity contribution in [3.8, 4) is 11.6 Å². The molecule has 42 heavy (non-hydrogen) atoms. The first kappa shape index (κ1) is 30.3. The summed E-state index contributed by atoms with van der Waals surface area (Å²) in [4.78, 5) is 40.4. The number of aromatic nitrogens is 1. The van der Waals surface area contributed by atoms with Gasteiger partial charge in [-0.25, -0.2) is 4.79 Å². The third kappa shape index (κ3) is 8.69. The molecular weight excluding hydrogens is 546 g/mol. The molecule has 5 aromatic rings. The normalized spacial score (nSPS) is 10.5. The highest BCUT2D eigenvalue weighted by Crippen LogP contribution is 2.28. The van der Waals surface area contributed by atoms with Crippen LogP contribution < -0.4 is 4.74 Å². The minimum Gasteiger partial charge on any atom is -0.478 e. The molecule has 1 heterocycles. The minimum absolute atomic E-state index is 0.140. The monoisotopic (exact) mass is 579 g/mol. The van der Waals surface area contributed by atoms with Gasteiger partial charge in [-0.1, -0.05) is 86.5 Å². The molecule has 0 bridgehead atoms. The number of aromatic carboxylic acids is 1. The molecule has 0 aliphatic carbocycles. The van der Waals surface area contributed by atoms with Crippen LogP contribution in [0.25, 0.3) is 10.9 Å². The van der Waals surface area contributed by atoms with Gasteiger partial charge in [-0.2, -0.15) is 0 Å². The first-order chi connectivity index (χ1) is 20.4. The quantitative estimate of drug-likeness (QED) is 0.0869. The van der Waals surface area contributed by atoms with Crippen LogP contribution in [0.4, 0.5) is 0 Å². The van der Waals surface area contributed by atoms with Gasteiger partial charge in [0.2, 0.25) is 11.6 Å².